The summed E-state index contributed by atoms with van der Waals surface area (Å²) in [6.07, 6.45) is 4.62. The van der Waals surface area contributed by atoms with Crippen molar-refractivity contribution in [1.29, 1.82) is 0 Å². The van der Waals surface area contributed by atoms with Crippen molar-refractivity contribution in [3.8, 4) is 5.75 Å². The number of rotatable bonds is 8. The average molecular weight is 529 g/mol. The number of hydrogen-bond acceptors (Lipinski definition) is 5. The van der Waals surface area contributed by atoms with Crippen LogP contribution in [-0.2, 0) is 16.6 Å². The van der Waals surface area contributed by atoms with E-state index in [4.69, 9.17) is 27.9 Å². The molecule has 4 rings (SSSR count). The van der Waals surface area contributed by atoms with Crippen LogP contribution in [0, 0.1) is 11.7 Å². The van der Waals surface area contributed by atoms with Crippen LogP contribution in [0.4, 0.5) is 4.39 Å². The van der Waals surface area contributed by atoms with Gasteiger partial charge in [0.1, 0.15) is 11.6 Å². The number of nitrogens with zero attached hydrogens (tertiary/aromatic N) is 1. The molecule has 1 saturated carbocycles. The summed E-state index contributed by atoms with van der Waals surface area (Å²) in [5, 5.41) is 1.26. The number of likely N-dealkylation sites (tertiary alicyclic amines) is 1. The number of hydrogen-bond donors (Lipinski definition) is 1. The molecule has 1 aliphatic heterocycles. The van der Waals surface area contributed by atoms with Gasteiger partial charge in [-0.05, 0) is 86.0 Å². The van der Waals surface area contributed by atoms with Crippen molar-refractivity contribution >= 4 is 39.1 Å². The van der Waals surface area contributed by atoms with Gasteiger partial charge in [-0.15, -0.1) is 0 Å². The highest BCUT2D eigenvalue weighted by Crippen LogP contribution is 2.45. The topological polar surface area (TPSA) is 75.7 Å². The summed E-state index contributed by atoms with van der Waals surface area (Å²) < 4.78 is 45.2. The average Bonchev–Trinajstić information content (AvgIpc) is 3.56. The zero-order valence-corrected chi connectivity index (χ0v) is 21.1. The van der Waals surface area contributed by atoms with Crippen LogP contribution in [0.3, 0.4) is 0 Å². The number of sulfonamides is 1. The second kappa shape index (κ2) is 10.4. The molecule has 2 aromatic rings. The fourth-order valence-corrected chi connectivity index (χ4v) is 5.30. The largest absolute Gasteiger partial charge is 0.493 e. The Kier molecular flexibility index (Phi) is 7.72. The third-order valence-electron chi connectivity index (χ3n) is 6.15. The minimum atomic E-state index is -3.78. The highest BCUT2D eigenvalue weighted by atomic mass is 35.5. The van der Waals surface area contributed by atoms with Gasteiger partial charge < -0.3 is 4.74 Å². The van der Waals surface area contributed by atoms with Crippen LogP contribution in [0.2, 0.25) is 10.0 Å². The smallest absolute Gasteiger partial charge is 0.267 e. The maximum Gasteiger partial charge on any atom is 0.267 e. The summed E-state index contributed by atoms with van der Waals surface area (Å²) >= 11 is 12.2. The van der Waals surface area contributed by atoms with Crippen molar-refractivity contribution in [3.05, 3.63) is 62.9 Å². The van der Waals surface area contributed by atoms with E-state index < -0.39 is 21.7 Å². The molecule has 1 heterocycles. The van der Waals surface area contributed by atoms with E-state index in [-0.39, 0.29) is 11.5 Å². The van der Waals surface area contributed by atoms with Gasteiger partial charge in [-0.3, -0.25) is 9.69 Å². The second-order valence-corrected chi connectivity index (χ2v) is 11.8. The summed E-state index contributed by atoms with van der Waals surface area (Å²) in [5.41, 5.74) is 1.56. The van der Waals surface area contributed by atoms with Crippen LogP contribution >= 0.6 is 23.2 Å². The van der Waals surface area contributed by atoms with Crippen LogP contribution in [0.1, 0.15) is 53.1 Å². The zero-order valence-electron chi connectivity index (χ0n) is 18.8. The molecule has 0 radical (unpaired) electrons. The third-order valence-corrected chi connectivity index (χ3v) is 7.14. The first kappa shape index (κ1) is 25.2. The van der Waals surface area contributed by atoms with Crippen LogP contribution < -0.4 is 9.46 Å². The summed E-state index contributed by atoms with van der Waals surface area (Å²) in [6.45, 7) is 3.06. The maximum atomic E-state index is 14.7. The van der Waals surface area contributed by atoms with E-state index in [1.807, 2.05) is 16.9 Å². The van der Waals surface area contributed by atoms with E-state index in [2.05, 4.69) is 4.90 Å². The lowest BCUT2D eigenvalue weighted by atomic mass is 9.97. The molecule has 0 aromatic heterocycles. The van der Waals surface area contributed by atoms with E-state index in [1.165, 1.54) is 12.1 Å². The molecule has 0 unspecified atom stereocenters. The zero-order chi connectivity index (χ0) is 24.5. The van der Waals surface area contributed by atoms with Crippen LogP contribution in [0.15, 0.2) is 30.3 Å². The Labute approximate surface area is 209 Å². The number of ether oxygens (including phenoxy) is 1. The molecule has 1 N–H and O–H groups in total. The number of carbonyl (C=O) groups excluding carboxylic acids is 1. The van der Waals surface area contributed by atoms with Crippen molar-refractivity contribution in [2.45, 2.75) is 38.1 Å². The van der Waals surface area contributed by atoms with Crippen LogP contribution in [0.25, 0.3) is 0 Å². The van der Waals surface area contributed by atoms with E-state index in [9.17, 15) is 17.6 Å². The van der Waals surface area contributed by atoms with Gasteiger partial charge in [0.2, 0.25) is 10.0 Å². The molecule has 0 bridgehead atoms. The summed E-state index contributed by atoms with van der Waals surface area (Å²) in [4.78, 5) is 14.6. The molecular formula is C24H27Cl2FN2O4S. The molecule has 0 atom stereocenters. The molecule has 1 saturated heterocycles. The summed E-state index contributed by atoms with van der Waals surface area (Å²) in [5.74, 6) is -0.793. The number of nitrogens with one attached hydrogen (secondary N) is 1. The molecule has 6 nitrogen and oxygen atoms in total. The molecule has 10 heteroatoms. The summed E-state index contributed by atoms with van der Waals surface area (Å²) in [7, 11) is -3.78. The molecular weight excluding hydrogens is 502 g/mol. The predicted molar refractivity (Wildman–Crippen MR) is 131 cm³/mol. The number of benzene rings is 2. The molecule has 0 spiro atoms. The van der Waals surface area contributed by atoms with Gasteiger partial charge in [0.05, 0.1) is 18.4 Å². The number of halogens is 3. The third kappa shape index (κ3) is 6.84. The Morgan fingerprint density at radius 1 is 1.09 bits per heavy atom. The lowest BCUT2D eigenvalue weighted by Gasteiger charge is -2.32. The van der Waals surface area contributed by atoms with Gasteiger partial charge in [-0.1, -0.05) is 23.2 Å². The highest BCUT2D eigenvalue weighted by Gasteiger charge is 2.30. The number of piperidine rings is 1. The van der Waals surface area contributed by atoms with Crippen molar-refractivity contribution in [2.24, 2.45) is 5.92 Å². The Morgan fingerprint density at radius 2 is 1.74 bits per heavy atom. The normalized spacial score (nSPS) is 17.5. The number of amides is 1. The minimum absolute atomic E-state index is 0.201. The van der Waals surface area contributed by atoms with Gasteiger partial charge in [0, 0.05) is 22.7 Å². The van der Waals surface area contributed by atoms with E-state index in [0.717, 1.165) is 62.7 Å². The first-order valence-electron chi connectivity index (χ1n) is 11.2. The molecule has 2 aliphatic rings. The van der Waals surface area contributed by atoms with Crippen LogP contribution in [0.5, 0.6) is 5.75 Å². The second-order valence-electron chi connectivity index (χ2n) is 9.16. The lowest BCUT2D eigenvalue weighted by Crippen LogP contribution is -2.35. The Balaban J connectivity index is 1.35. The first-order valence-corrected chi connectivity index (χ1v) is 13.9. The Bertz CT molecular complexity index is 1160. The predicted octanol–water partition coefficient (Wildman–Crippen LogP) is 4.99. The maximum absolute atomic E-state index is 14.7. The highest BCUT2D eigenvalue weighted by molar-refractivity contribution is 7.89. The molecule has 34 heavy (non-hydrogen) atoms. The Morgan fingerprint density at radius 3 is 2.32 bits per heavy atom. The van der Waals surface area contributed by atoms with Gasteiger partial charge >= 0.3 is 0 Å². The van der Waals surface area contributed by atoms with Gasteiger partial charge in [-0.25, -0.2) is 17.5 Å². The van der Waals surface area contributed by atoms with Crippen molar-refractivity contribution in [2.75, 3.05) is 26.0 Å². The van der Waals surface area contributed by atoms with Crippen molar-refractivity contribution in [3.63, 3.8) is 0 Å². The van der Waals surface area contributed by atoms with Gasteiger partial charge in [0.15, 0.2) is 0 Å². The quantitative estimate of drug-likeness (QED) is 0.522. The standard InChI is InChI=1S/C24H27Cl2FN2O4S/c1-34(31,32)28-24(30)21-11-20(17-2-3-17)23(12-22(21)27)33-14-15-4-6-29(7-5-15)13-16-8-18(25)10-19(26)9-16/h8-12,15,17H,2-7,13-14H2,1H3,(H,28,30). The summed E-state index contributed by atoms with van der Waals surface area (Å²) in [6, 6.07) is 8.22. The number of carbonyl (C=O) groups is 1. The molecule has 1 amide bonds. The fourth-order valence-electron chi connectivity index (χ4n) is 4.29. The van der Waals surface area contributed by atoms with Crippen LogP contribution in [-0.4, -0.2) is 45.2 Å². The Hall–Kier alpha value is -1.87. The lowest BCUT2D eigenvalue weighted by molar-refractivity contribution is 0.0977. The SMILES string of the molecule is CS(=O)(=O)NC(=O)c1cc(C2CC2)c(OCC2CCN(Cc3cc(Cl)cc(Cl)c3)CC2)cc1F. The monoisotopic (exact) mass is 528 g/mol. The van der Waals surface area contributed by atoms with E-state index in [0.29, 0.717) is 28.3 Å². The first-order chi connectivity index (χ1) is 16.1. The molecule has 2 aromatic carbocycles. The van der Waals surface area contributed by atoms with Crippen molar-refractivity contribution < 1.29 is 22.3 Å². The van der Waals surface area contributed by atoms with Gasteiger partial charge in [0.25, 0.3) is 5.91 Å². The molecule has 184 valence electrons. The fraction of sp³-hybridized carbons (Fsp3) is 0.458. The van der Waals surface area contributed by atoms with E-state index >= 15 is 0 Å². The van der Waals surface area contributed by atoms with Crippen molar-refractivity contribution in [1.82, 2.24) is 9.62 Å². The molecule has 2 fully saturated rings. The molecule has 1 aliphatic carbocycles. The van der Waals surface area contributed by atoms with Gasteiger partial charge in [-0.2, -0.15) is 0 Å². The van der Waals surface area contributed by atoms with E-state index in [1.54, 1.807) is 6.07 Å². The minimum Gasteiger partial charge on any atom is -0.493 e.